The number of ketones is 2. The van der Waals surface area contributed by atoms with Gasteiger partial charge in [-0.3, -0.25) is 9.59 Å². The monoisotopic (exact) mass is 428 g/mol. The zero-order valence-corrected chi connectivity index (χ0v) is 17.2. The molecule has 0 heterocycles. The maximum atomic E-state index is 13.6. The van der Waals surface area contributed by atoms with E-state index >= 15 is 0 Å². The number of hydrogen-bond donors (Lipinski definition) is 0. The Bertz CT molecular complexity index is 1320. The first kappa shape index (κ1) is 18.8. The largest absolute Gasteiger partial charge is 0.289 e. The molecule has 0 amide bonds. The minimum absolute atomic E-state index is 0.141. The van der Waals surface area contributed by atoms with Crippen molar-refractivity contribution in [1.82, 2.24) is 0 Å². The first-order valence-electron chi connectivity index (χ1n) is 9.42. The van der Waals surface area contributed by atoms with Gasteiger partial charge in [0.15, 0.2) is 11.6 Å². The van der Waals surface area contributed by atoms with Crippen LogP contribution in [0.2, 0.25) is 10.0 Å². The van der Waals surface area contributed by atoms with Gasteiger partial charge in [0.05, 0.1) is 0 Å². The lowest BCUT2D eigenvalue weighted by Crippen LogP contribution is -2.22. The van der Waals surface area contributed by atoms with E-state index in [4.69, 9.17) is 23.2 Å². The third-order valence-corrected chi connectivity index (χ3v) is 5.89. The summed E-state index contributed by atoms with van der Waals surface area (Å²) in [4.78, 5) is 26.7. The Balaban J connectivity index is 1.85. The molecule has 0 atom stereocenters. The van der Waals surface area contributed by atoms with Gasteiger partial charge in [0.1, 0.15) is 0 Å². The van der Waals surface area contributed by atoms with Gasteiger partial charge in [-0.1, -0.05) is 77.8 Å². The van der Waals surface area contributed by atoms with Crippen molar-refractivity contribution >= 4 is 34.8 Å². The van der Waals surface area contributed by atoms with E-state index in [1.54, 1.807) is 42.5 Å². The molecule has 4 aromatic carbocycles. The van der Waals surface area contributed by atoms with Gasteiger partial charge in [-0.25, -0.2) is 0 Å². The maximum absolute atomic E-state index is 13.6. The third kappa shape index (κ3) is 2.97. The van der Waals surface area contributed by atoms with Crippen molar-refractivity contribution in [3.63, 3.8) is 0 Å². The van der Waals surface area contributed by atoms with Crippen LogP contribution in [0.5, 0.6) is 0 Å². The Morgan fingerprint density at radius 3 is 1.53 bits per heavy atom. The lowest BCUT2D eigenvalue weighted by molar-refractivity contribution is 0.0979. The minimum Gasteiger partial charge on any atom is -0.289 e. The van der Waals surface area contributed by atoms with Gasteiger partial charge in [0.25, 0.3) is 0 Å². The quantitative estimate of drug-likeness (QED) is 0.300. The Labute approximate surface area is 183 Å². The molecule has 0 fully saturated rings. The molecule has 0 saturated carbocycles. The molecule has 1 aliphatic rings. The molecule has 2 nitrogen and oxygen atoms in total. The molecular formula is C26H14Cl2O2. The molecule has 144 valence electrons. The Kier molecular flexibility index (Phi) is 4.54. The van der Waals surface area contributed by atoms with E-state index in [-0.39, 0.29) is 11.6 Å². The van der Waals surface area contributed by atoms with E-state index in [9.17, 15) is 9.59 Å². The molecule has 1 aliphatic carbocycles. The van der Waals surface area contributed by atoms with Crippen molar-refractivity contribution in [2.75, 3.05) is 0 Å². The first-order chi connectivity index (χ1) is 14.5. The van der Waals surface area contributed by atoms with Gasteiger partial charge in [0, 0.05) is 37.9 Å². The maximum Gasteiger partial charge on any atom is 0.195 e. The predicted molar refractivity (Wildman–Crippen MR) is 121 cm³/mol. The number of fused-ring (bicyclic) bond motifs is 2. The summed E-state index contributed by atoms with van der Waals surface area (Å²) in [5, 5.41) is 1.23. The SMILES string of the molecule is O=C1c2ccccc2C(=O)c2c1ccc(-c1ccc(Cl)cc1)c2-c1ccc(Cl)cc1. The van der Waals surface area contributed by atoms with Crippen molar-refractivity contribution in [2.24, 2.45) is 0 Å². The average molecular weight is 429 g/mol. The highest BCUT2D eigenvalue weighted by Crippen LogP contribution is 2.41. The van der Waals surface area contributed by atoms with E-state index in [2.05, 4.69) is 0 Å². The number of benzene rings is 4. The first-order valence-corrected chi connectivity index (χ1v) is 10.2. The van der Waals surface area contributed by atoms with Crippen molar-refractivity contribution in [2.45, 2.75) is 0 Å². The van der Waals surface area contributed by atoms with Gasteiger partial charge in [-0.15, -0.1) is 0 Å². The van der Waals surface area contributed by atoms with Crippen molar-refractivity contribution in [1.29, 1.82) is 0 Å². The van der Waals surface area contributed by atoms with Crippen molar-refractivity contribution in [3.8, 4) is 22.3 Å². The van der Waals surface area contributed by atoms with Crippen LogP contribution in [0, 0.1) is 0 Å². The molecule has 0 aliphatic heterocycles. The summed E-state index contributed by atoms with van der Waals surface area (Å²) in [5.41, 5.74) is 5.02. The average Bonchev–Trinajstić information content (AvgIpc) is 2.78. The second kappa shape index (κ2) is 7.24. The summed E-state index contributed by atoms with van der Waals surface area (Å²) in [5.74, 6) is -0.293. The Hall–Kier alpha value is -3.20. The molecule has 0 N–H and O–H groups in total. The van der Waals surface area contributed by atoms with Gasteiger partial charge in [-0.2, -0.15) is 0 Å². The summed E-state index contributed by atoms with van der Waals surface area (Å²) < 4.78 is 0. The highest BCUT2D eigenvalue weighted by atomic mass is 35.5. The third-order valence-electron chi connectivity index (χ3n) is 5.38. The molecule has 0 saturated heterocycles. The van der Waals surface area contributed by atoms with E-state index in [1.807, 2.05) is 42.5 Å². The summed E-state index contributed by atoms with van der Waals surface area (Å²) in [6.45, 7) is 0. The van der Waals surface area contributed by atoms with Crippen LogP contribution >= 0.6 is 23.2 Å². The fourth-order valence-electron chi connectivity index (χ4n) is 3.97. The van der Waals surface area contributed by atoms with Crippen LogP contribution in [-0.4, -0.2) is 11.6 Å². The zero-order valence-electron chi connectivity index (χ0n) is 15.7. The second-order valence-electron chi connectivity index (χ2n) is 7.13. The second-order valence-corrected chi connectivity index (χ2v) is 8.00. The van der Waals surface area contributed by atoms with E-state index in [1.165, 1.54) is 0 Å². The van der Waals surface area contributed by atoms with Crippen LogP contribution in [0.1, 0.15) is 31.8 Å². The van der Waals surface area contributed by atoms with Crippen LogP contribution < -0.4 is 0 Å². The van der Waals surface area contributed by atoms with Gasteiger partial charge >= 0.3 is 0 Å². The van der Waals surface area contributed by atoms with Gasteiger partial charge < -0.3 is 0 Å². The molecule has 5 rings (SSSR count). The summed E-state index contributed by atoms with van der Waals surface area (Å²) in [6, 6.07) is 25.3. The molecule has 0 spiro atoms. The molecule has 0 radical (unpaired) electrons. The number of hydrogen-bond acceptors (Lipinski definition) is 2. The number of carbonyl (C=O) groups excluding carboxylic acids is 2. The number of rotatable bonds is 2. The smallest absolute Gasteiger partial charge is 0.195 e. The molecular weight excluding hydrogens is 415 g/mol. The number of carbonyl (C=O) groups is 2. The molecule has 4 heteroatoms. The predicted octanol–water partition coefficient (Wildman–Crippen LogP) is 7.10. The van der Waals surface area contributed by atoms with Crippen LogP contribution in [0.3, 0.4) is 0 Å². The van der Waals surface area contributed by atoms with Crippen LogP contribution in [0.25, 0.3) is 22.3 Å². The molecule has 0 unspecified atom stereocenters. The van der Waals surface area contributed by atoms with Crippen LogP contribution in [-0.2, 0) is 0 Å². The topological polar surface area (TPSA) is 34.1 Å². The normalized spacial score (nSPS) is 12.5. The van der Waals surface area contributed by atoms with E-state index in [0.29, 0.717) is 32.3 Å². The molecule has 0 bridgehead atoms. The fraction of sp³-hybridized carbons (Fsp3) is 0. The fourth-order valence-corrected chi connectivity index (χ4v) is 4.22. The Morgan fingerprint density at radius 2 is 0.933 bits per heavy atom. The zero-order chi connectivity index (χ0) is 20.8. The highest BCUT2D eigenvalue weighted by Gasteiger charge is 2.33. The molecule has 0 aromatic heterocycles. The van der Waals surface area contributed by atoms with E-state index in [0.717, 1.165) is 22.3 Å². The summed E-state index contributed by atoms with van der Waals surface area (Å²) in [6.07, 6.45) is 0. The van der Waals surface area contributed by atoms with Crippen molar-refractivity contribution in [3.05, 3.63) is 117 Å². The lowest BCUT2D eigenvalue weighted by Gasteiger charge is -2.23. The molecule has 30 heavy (non-hydrogen) atoms. The summed E-state index contributed by atoms with van der Waals surface area (Å²) in [7, 11) is 0. The highest BCUT2D eigenvalue weighted by molar-refractivity contribution is 6.32. The van der Waals surface area contributed by atoms with Crippen LogP contribution in [0.4, 0.5) is 0 Å². The van der Waals surface area contributed by atoms with Gasteiger partial charge in [0.2, 0.25) is 0 Å². The van der Waals surface area contributed by atoms with E-state index < -0.39 is 0 Å². The standard InChI is InChI=1S/C26H14Cl2O2/c27-17-9-5-15(6-10-17)19-13-14-22-24(23(19)16-7-11-18(28)12-8-16)26(30)21-4-2-1-3-20(21)25(22)29/h1-14H. The molecule has 4 aromatic rings. The minimum atomic E-state index is -0.152. The number of halogens is 2. The van der Waals surface area contributed by atoms with Crippen molar-refractivity contribution < 1.29 is 9.59 Å². The van der Waals surface area contributed by atoms with Crippen LogP contribution in [0.15, 0.2) is 84.9 Å². The Morgan fingerprint density at radius 1 is 0.433 bits per heavy atom. The van der Waals surface area contributed by atoms with Gasteiger partial charge in [-0.05, 0) is 47.0 Å². The summed E-state index contributed by atoms with van der Waals surface area (Å²) >= 11 is 12.2. The lowest BCUT2D eigenvalue weighted by atomic mass is 9.78.